The Kier molecular flexibility index (Phi) is 6.18. The van der Waals surface area contributed by atoms with Crippen molar-refractivity contribution in [1.29, 1.82) is 0 Å². The van der Waals surface area contributed by atoms with E-state index in [-0.39, 0.29) is 49.9 Å². The third-order valence-corrected chi connectivity index (χ3v) is 7.59. The molecule has 1 saturated carbocycles. The molecular weight excluding hydrogens is 435 g/mol. The molecule has 9 heteroatoms. The highest BCUT2D eigenvalue weighted by Crippen LogP contribution is 2.39. The number of amides is 3. The largest absolute Gasteiger partial charge is 0.416 e. The summed E-state index contributed by atoms with van der Waals surface area (Å²) in [6.45, 7) is 3.84. The molecular formula is C24H30F3N3O3. The Balaban J connectivity index is 1.56. The molecule has 3 amide bonds. The summed E-state index contributed by atoms with van der Waals surface area (Å²) >= 11 is 0. The van der Waals surface area contributed by atoms with Crippen LogP contribution in [-0.2, 0) is 27.1 Å². The van der Waals surface area contributed by atoms with Gasteiger partial charge in [0.2, 0.25) is 11.8 Å². The van der Waals surface area contributed by atoms with Gasteiger partial charge in [0.1, 0.15) is 6.54 Å². The van der Waals surface area contributed by atoms with E-state index in [9.17, 15) is 27.6 Å². The second kappa shape index (κ2) is 8.65. The fourth-order valence-electron chi connectivity index (χ4n) is 5.42. The minimum Gasteiger partial charge on any atom is -0.337 e. The van der Waals surface area contributed by atoms with Gasteiger partial charge in [-0.3, -0.25) is 14.4 Å². The van der Waals surface area contributed by atoms with Crippen molar-refractivity contribution in [2.45, 2.75) is 70.3 Å². The van der Waals surface area contributed by atoms with E-state index in [4.69, 9.17) is 0 Å². The summed E-state index contributed by atoms with van der Waals surface area (Å²) in [7, 11) is 0. The number of hydrogen-bond donors (Lipinski definition) is 0. The Bertz CT molecular complexity index is 917. The summed E-state index contributed by atoms with van der Waals surface area (Å²) in [4.78, 5) is 43.6. The fraction of sp³-hybridized carbons (Fsp3) is 0.625. The van der Waals surface area contributed by atoms with E-state index in [2.05, 4.69) is 6.92 Å². The molecule has 0 bridgehead atoms. The maximum Gasteiger partial charge on any atom is 0.416 e. The van der Waals surface area contributed by atoms with Gasteiger partial charge in [0.15, 0.2) is 5.54 Å². The van der Waals surface area contributed by atoms with Gasteiger partial charge in [-0.15, -0.1) is 0 Å². The summed E-state index contributed by atoms with van der Waals surface area (Å²) in [5.41, 5.74) is -1.39. The minimum atomic E-state index is -4.44. The molecule has 1 spiro atoms. The highest BCUT2D eigenvalue weighted by Gasteiger charge is 2.61. The highest BCUT2D eigenvalue weighted by molar-refractivity contribution is 6.00. The van der Waals surface area contributed by atoms with Gasteiger partial charge in [-0.2, -0.15) is 13.2 Å². The molecule has 3 aliphatic rings. The van der Waals surface area contributed by atoms with Crippen molar-refractivity contribution in [1.82, 2.24) is 14.7 Å². The number of piperazine rings is 1. The molecule has 0 unspecified atom stereocenters. The van der Waals surface area contributed by atoms with Gasteiger partial charge in [-0.25, -0.2) is 0 Å². The Labute approximate surface area is 191 Å². The minimum absolute atomic E-state index is 0.0146. The summed E-state index contributed by atoms with van der Waals surface area (Å²) in [5, 5.41) is 0. The van der Waals surface area contributed by atoms with Crippen molar-refractivity contribution in [2.75, 3.05) is 19.6 Å². The van der Waals surface area contributed by atoms with Crippen molar-refractivity contribution >= 4 is 17.7 Å². The van der Waals surface area contributed by atoms with Crippen LogP contribution in [0.3, 0.4) is 0 Å². The zero-order valence-corrected chi connectivity index (χ0v) is 19.0. The maximum atomic E-state index is 13.7. The predicted octanol–water partition coefficient (Wildman–Crippen LogP) is 3.45. The smallest absolute Gasteiger partial charge is 0.337 e. The Morgan fingerprint density at radius 2 is 1.67 bits per heavy atom. The zero-order chi connectivity index (χ0) is 24.0. The van der Waals surface area contributed by atoms with E-state index in [1.54, 1.807) is 4.90 Å². The quantitative estimate of drug-likeness (QED) is 0.685. The van der Waals surface area contributed by atoms with E-state index in [1.807, 2.05) is 0 Å². The van der Waals surface area contributed by atoms with Crippen molar-refractivity contribution < 1.29 is 27.6 Å². The van der Waals surface area contributed by atoms with Gasteiger partial charge in [0.25, 0.3) is 5.91 Å². The molecule has 0 aromatic heterocycles. The molecule has 1 aromatic rings. The van der Waals surface area contributed by atoms with Gasteiger partial charge in [0, 0.05) is 19.5 Å². The molecule has 1 aromatic carbocycles. The Morgan fingerprint density at radius 3 is 2.18 bits per heavy atom. The van der Waals surface area contributed by atoms with Gasteiger partial charge in [-0.1, -0.05) is 25.5 Å². The van der Waals surface area contributed by atoms with Crippen LogP contribution in [-0.4, -0.2) is 63.6 Å². The standard InChI is InChI=1S/C24H30F3N3O3/c1-3-17-6-10-20(11-7-17)29-13-21(32)30(23(22(29)33)14-28(15-23)16(2)31)12-18-4-8-19(9-5-18)24(25,26)27/h4-5,8-9,17,20H,3,6-7,10-15H2,1-2H3. The van der Waals surface area contributed by atoms with E-state index >= 15 is 0 Å². The Hall–Kier alpha value is -2.58. The number of halogens is 3. The first kappa shape index (κ1) is 23.6. The van der Waals surface area contributed by atoms with Crippen LogP contribution >= 0.6 is 0 Å². The van der Waals surface area contributed by atoms with Gasteiger partial charge in [-0.05, 0) is 49.3 Å². The molecule has 3 fully saturated rings. The van der Waals surface area contributed by atoms with Crippen molar-refractivity contribution in [3.05, 3.63) is 35.4 Å². The molecule has 2 saturated heterocycles. The first-order valence-corrected chi connectivity index (χ1v) is 11.6. The number of hydrogen-bond acceptors (Lipinski definition) is 3. The molecule has 1 aliphatic carbocycles. The average Bonchev–Trinajstić information content (AvgIpc) is 2.74. The maximum absolute atomic E-state index is 13.7. The van der Waals surface area contributed by atoms with E-state index in [0.29, 0.717) is 11.5 Å². The van der Waals surface area contributed by atoms with E-state index in [1.165, 1.54) is 28.9 Å². The second-order valence-corrected chi connectivity index (χ2v) is 9.60. The lowest BCUT2D eigenvalue weighted by atomic mass is 9.79. The number of benzene rings is 1. The average molecular weight is 466 g/mol. The topological polar surface area (TPSA) is 60.9 Å². The van der Waals surface area contributed by atoms with Crippen molar-refractivity contribution in [3.63, 3.8) is 0 Å². The normalized spacial score (nSPS) is 25.4. The molecule has 4 rings (SSSR count). The van der Waals surface area contributed by atoms with Crippen LogP contribution in [0.25, 0.3) is 0 Å². The van der Waals surface area contributed by atoms with Crippen molar-refractivity contribution in [3.8, 4) is 0 Å². The first-order chi connectivity index (χ1) is 15.5. The van der Waals surface area contributed by atoms with Crippen LogP contribution in [0.4, 0.5) is 13.2 Å². The number of carbonyl (C=O) groups is 3. The lowest BCUT2D eigenvalue weighted by molar-refractivity contribution is -0.185. The second-order valence-electron chi connectivity index (χ2n) is 9.60. The number of nitrogens with zero attached hydrogens (tertiary/aromatic N) is 3. The lowest BCUT2D eigenvalue weighted by Gasteiger charge is -2.59. The number of alkyl halides is 3. The van der Waals surface area contributed by atoms with Gasteiger partial charge in [0.05, 0.1) is 18.7 Å². The summed E-state index contributed by atoms with van der Waals surface area (Å²) in [5.74, 6) is 0.108. The van der Waals surface area contributed by atoms with Crippen molar-refractivity contribution in [2.24, 2.45) is 5.92 Å². The highest BCUT2D eigenvalue weighted by atomic mass is 19.4. The molecule has 0 atom stereocenters. The Morgan fingerprint density at radius 1 is 1.06 bits per heavy atom. The number of rotatable bonds is 4. The first-order valence-electron chi connectivity index (χ1n) is 11.6. The van der Waals surface area contributed by atoms with E-state index < -0.39 is 17.3 Å². The monoisotopic (exact) mass is 465 g/mol. The van der Waals surface area contributed by atoms with Gasteiger partial charge < -0.3 is 14.7 Å². The summed E-state index contributed by atoms with van der Waals surface area (Å²) in [6, 6.07) is 4.67. The molecule has 6 nitrogen and oxygen atoms in total. The molecule has 2 heterocycles. The molecule has 0 N–H and O–H groups in total. The van der Waals surface area contributed by atoms with E-state index in [0.717, 1.165) is 44.2 Å². The zero-order valence-electron chi connectivity index (χ0n) is 19.0. The lowest BCUT2D eigenvalue weighted by Crippen LogP contribution is -2.81. The molecule has 180 valence electrons. The molecule has 2 aliphatic heterocycles. The molecule has 0 radical (unpaired) electrons. The van der Waals surface area contributed by atoms with Gasteiger partial charge >= 0.3 is 6.18 Å². The van der Waals surface area contributed by atoms with Crippen LogP contribution < -0.4 is 0 Å². The number of carbonyl (C=O) groups excluding carboxylic acids is 3. The molecule has 33 heavy (non-hydrogen) atoms. The van der Waals surface area contributed by atoms with Crippen LogP contribution in [0.1, 0.15) is 57.1 Å². The summed E-state index contributed by atoms with van der Waals surface area (Å²) in [6.07, 6.45) is 0.454. The SMILES string of the molecule is CCC1CCC(N2CC(=O)N(Cc3ccc(C(F)(F)F)cc3)C3(CN(C(C)=O)C3)C2=O)CC1. The predicted molar refractivity (Wildman–Crippen MR) is 115 cm³/mol. The fourth-order valence-corrected chi connectivity index (χ4v) is 5.42. The van der Waals surface area contributed by atoms with Crippen LogP contribution in [0.2, 0.25) is 0 Å². The summed E-state index contributed by atoms with van der Waals surface area (Å²) < 4.78 is 38.7. The third kappa shape index (κ3) is 4.34. The van der Waals surface area contributed by atoms with Crippen LogP contribution in [0.15, 0.2) is 24.3 Å². The van der Waals surface area contributed by atoms with Crippen LogP contribution in [0.5, 0.6) is 0 Å². The third-order valence-electron chi connectivity index (χ3n) is 7.59. The van der Waals surface area contributed by atoms with Crippen LogP contribution in [0, 0.1) is 5.92 Å². The number of likely N-dealkylation sites (tertiary alicyclic amines) is 1.